The van der Waals surface area contributed by atoms with Gasteiger partial charge in [0.2, 0.25) is 5.91 Å². The van der Waals surface area contributed by atoms with Gasteiger partial charge in [-0.15, -0.1) is 11.7 Å². The van der Waals surface area contributed by atoms with E-state index in [1.807, 2.05) is 0 Å². The Morgan fingerprint density at radius 2 is 1.45 bits per heavy atom. The van der Waals surface area contributed by atoms with Crippen LogP contribution in [0.4, 0.5) is 0 Å². The van der Waals surface area contributed by atoms with Gasteiger partial charge in [0.25, 0.3) is 0 Å². The lowest BCUT2D eigenvalue weighted by atomic mass is 10.1. The van der Waals surface area contributed by atoms with Crippen molar-refractivity contribution in [1.29, 1.82) is 0 Å². The summed E-state index contributed by atoms with van der Waals surface area (Å²) in [6, 6.07) is 0. The Balaban J connectivity index is 3.15. The van der Waals surface area contributed by atoms with Gasteiger partial charge in [-0.1, -0.05) is 58.3 Å². The number of rotatable bonds is 14. The second-order valence-electron chi connectivity index (χ2n) is 5.52. The van der Waals surface area contributed by atoms with Crippen molar-refractivity contribution >= 4 is 5.91 Å². The zero-order valence-corrected chi connectivity index (χ0v) is 13.2. The molecule has 0 rings (SSSR count). The maximum Gasteiger partial charge on any atom is 0.219 e. The van der Waals surface area contributed by atoms with Crippen molar-refractivity contribution in [2.75, 3.05) is 13.1 Å². The van der Waals surface area contributed by atoms with E-state index in [2.05, 4.69) is 12.2 Å². The molecule has 0 heterocycles. The molecule has 0 aromatic carbocycles. The first-order valence-corrected chi connectivity index (χ1v) is 8.20. The number of nitrogens with one attached hydrogen (secondary N) is 1. The maximum absolute atomic E-state index is 11.5. The van der Waals surface area contributed by atoms with Crippen LogP contribution in [0.2, 0.25) is 0 Å². The minimum Gasteiger partial charge on any atom is -0.356 e. The fraction of sp³-hybridized carbons (Fsp3) is 0.933. The summed E-state index contributed by atoms with van der Waals surface area (Å²) in [4.78, 5) is 11.5. The van der Waals surface area contributed by atoms with Crippen molar-refractivity contribution in [3.05, 3.63) is 0 Å². The SMILES string of the molecule is CCCCCCCCCCCC(=O)NCCC[N+](N)N. The van der Waals surface area contributed by atoms with Gasteiger partial charge in [0.05, 0.1) is 0 Å². The van der Waals surface area contributed by atoms with Crippen molar-refractivity contribution in [3.8, 4) is 0 Å². The first-order valence-electron chi connectivity index (χ1n) is 8.20. The molecule has 0 fully saturated rings. The first-order chi connectivity index (χ1) is 9.66. The maximum atomic E-state index is 11.5. The molecular weight excluding hydrogens is 252 g/mol. The molecule has 0 aliphatic heterocycles. The Hall–Kier alpha value is -0.650. The lowest BCUT2D eigenvalue weighted by Crippen LogP contribution is -2.46. The second-order valence-corrected chi connectivity index (χ2v) is 5.52. The Bertz CT molecular complexity index is 222. The van der Waals surface area contributed by atoms with Gasteiger partial charge < -0.3 is 5.32 Å². The molecule has 20 heavy (non-hydrogen) atoms. The Morgan fingerprint density at radius 3 is 2.00 bits per heavy atom. The van der Waals surface area contributed by atoms with Crippen LogP contribution in [0, 0.1) is 0 Å². The van der Waals surface area contributed by atoms with Gasteiger partial charge in [-0.2, -0.15) is 0 Å². The summed E-state index contributed by atoms with van der Waals surface area (Å²) < 4.78 is 0. The topological polar surface area (TPSA) is 87.0 Å². The predicted octanol–water partition coefficient (Wildman–Crippen LogP) is 2.30. The molecular formula is C15H34N4O+. The number of carbonyl (C=O) groups is 1. The number of nitrogens with two attached hydrogens (primary N) is 2. The second kappa shape index (κ2) is 14.8. The van der Waals surface area contributed by atoms with Crippen LogP contribution in [0.15, 0.2) is 0 Å². The lowest BCUT2D eigenvalue weighted by Gasteiger charge is -2.04. The molecule has 1 amide bonds. The van der Waals surface area contributed by atoms with Crippen molar-refractivity contribution < 1.29 is 4.79 Å². The van der Waals surface area contributed by atoms with Crippen LogP contribution in [0.25, 0.3) is 0 Å². The third kappa shape index (κ3) is 15.4. The molecule has 1 radical (unpaired) electrons. The molecule has 0 aromatic heterocycles. The molecule has 5 heteroatoms. The molecule has 0 spiro atoms. The fourth-order valence-electron chi connectivity index (χ4n) is 2.17. The van der Waals surface area contributed by atoms with Crippen LogP contribution in [0.3, 0.4) is 0 Å². The average Bonchev–Trinajstić information content (AvgIpc) is 2.41. The summed E-state index contributed by atoms with van der Waals surface area (Å²) in [7, 11) is 0. The number of carbonyl (C=O) groups excluding carboxylic acids is 1. The largest absolute Gasteiger partial charge is 0.356 e. The van der Waals surface area contributed by atoms with Crippen molar-refractivity contribution in [2.45, 2.75) is 77.6 Å². The van der Waals surface area contributed by atoms with Crippen molar-refractivity contribution in [3.63, 3.8) is 0 Å². The van der Waals surface area contributed by atoms with E-state index in [0.717, 1.165) is 18.0 Å². The minimum absolute atomic E-state index is 0.147. The number of nitrogens with zero attached hydrogens (tertiary/aromatic N) is 1. The third-order valence-corrected chi connectivity index (χ3v) is 3.42. The molecule has 0 aromatic rings. The van der Waals surface area contributed by atoms with E-state index in [1.54, 1.807) is 0 Å². The Kier molecular flexibility index (Phi) is 14.3. The van der Waals surface area contributed by atoms with Gasteiger partial charge in [0.1, 0.15) is 0 Å². The fourth-order valence-corrected chi connectivity index (χ4v) is 2.17. The van der Waals surface area contributed by atoms with Crippen LogP contribution in [0.5, 0.6) is 0 Å². The molecule has 0 unspecified atom stereocenters. The van der Waals surface area contributed by atoms with E-state index in [0.29, 0.717) is 19.5 Å². The number of hydrogen-bond acceptors (Lipinski definition) is 4. The van der Waals surface area contributed by atoms with E-state index in [-0.39, 0.29) is 5.91 Å². The minimum atomic E-state index is 0.147. The van der Waals surface area contributed by atoms with Crippen molar-refractivity contribution in [2.24, 2.45) is 11.7 Å². The summed E-state index contributed by atoms with van der Waals surface area (Å²) in [5.41, 5.74) is 0. The van der Waals surface area contributed by atoms with Gasteiger partial charge in [-0.25, -0.2) is 0 Å². The first kappa shape index (κ1) is 19.4. The summed E-state index contributed by atoms with van der Waals surface area (Å²) in [5.74, 6) is 10.7. The average molecular weight is 286 g/mol. The highest BCUT2D eigenvalue weighted by Crippen LogP contribution is 2.10. The van der Waals surface area contributed by atoms with Gasteiger partial charge in [-0.05, 0) is 6.42 Å². The third-order valence-electron chi connectivity index (χ3n) is 3.42. The molecule has 119 valence electrons. The van der Waals surface area contributed by atoms with Crippen LogP contribution >= 0.6 is 0 Å². The van der Waals surface area contributed by atoms with E-state index >= 15 is 0 Å². The standard InChI is InChI=1S/C15H34N4O/c1-2-3-4-5-6-7-8-9-10-12-15(20)18-13-11-14-19(16)17/h2-14,16-17H2,1H3,(H,18,20)/q+1. The summed E-state index contributed by atoms with van der Waals surface area (Å²) >= 11 is 0. The highest BCUT2D eigenvalue weighted by Gasteiger charge is 2.03. The van der Waals surface area contributed by atoms with Crippen LogP contribution in [-0.4, -0.2) is 19.0 Å². The van der Waals surface area contributed by atoms with Crippen LogP contribution in [-0.2, 0) is 4.79 Å². The highest BCUT2D eigenvalue weighted by atomic mass is 16.1. The molecule has 5 N–H and O–H groups in total. The summed E-state index contributed by atoms with van der Waals surface area (Å²) in [6.07, 6.45) is 12.9. The lowest BCUT2D eigenvalue weighted by molar-refractivity contribution is -0.121. The molecule has 0 aliphatic rings. The van der Waals surface area contributed by atoms with Gasteiger partial charge in [0, 0.05) is 24.5 Å². The van der Waals surface area contributed by atoms with Crippen LogP contribution < -0.4 is 22.1 Å². The van der Waals surface area contributed by atoms with Gasteiger partial charge in [0.15, 0.2) is 6.54 Å². The molecule has 0 aliphatic carbocycles. The van der Waals surface area contributed by atoms with E-state index in [4.69, 9.17) is 11.7 Å². The normalized spacial score (nSPS) is 11.0. The quantitative estimate of drug-likeness (QED) is 0.198. The summed E-state index contributed by atoms with van der Waals surface area (Å²) in [6.45, 7) is 3.49. The monoisotopic (exact) mass is 286 g/mol. The van der Waals surface area contributed by atoms with Crippen molar-refractivity contribution in [1.82, 2.24) is 10.4 Å². The van der Waals surface area contributed by atoms with E-state index < -0.39 is 0 Å². The Labute approximate surface area is 124 Å². The highest BCUT2D eigenvalue weighted by molar-refractivity contribution is 5.75. The zero-order chi connectivity index (χ0) is 15.1. The number of hydrazine groups is 2. The zero-order valence-electron chi connectivity index (χ0n) is 13.2. The van der Waals surface area contributed by atoms with Gasteiger partial charge in [-0.3, -0.25) is 4.79 Å². The smallest absolute Gasteiger partial charge is 0.219 e. The van der Waals surface area contributed by atoms with Gasteiger partial charge >= 0.3 is 0 Å². The molecule has 5 nitrogen and oxygen atoms in total. The predicted molar refractivity (Wildman–Crippen MR) is 84.8 cm³/mol. The number of unbranched alkanes of at least 4 members (excludes halogenated alkanes) is 8. The van der Waals surface area contributed by atoms with E-state index in [1.165, 1.54) is 51.4 Å². The number of hydrogen-bond donors (Lipinski definition) is 3. The molecule has 0 bridgehead atoms. The molecule has 0 saturated heterocycles. The molecule has 0 atom stereocenters. The Morgan fingerprint density at radius 1 is 0.900 bits per heavy atom. The summed E-state index contributed by atoms with van der Waals surface area (Å²) in [5, 5.41) is 4.03. The molecule has 0 saturated carbocycles. The van der Waals surface area contributed by atoms with E-state index in [9.17, 15) is 4.79 Å². The van der Waals surface area contributed by atoms with Crippen LogP contribution in [0.1, 0.15) is 77.6 Å². The number of amides is 1.